The smallest absolute Gasteiger partial charge is 0.331 e. The lowest BCUT2D eigenvalue weighted by atomic mass is 10.2. The first-order chi connectivity index (χ1) is 13.4. The summed E-state index contributed by atoms with van der Waals surface area (Å²) in [5.41, 5.74) is 0.636. The Balaban J connectivity index is 1.84. The van der Waals surface area contributed by atoms with Gasteiger partial charge >= 0.3 is 5.97 Å². The number of carbonyl (C=O) groups excluding carboxylic acids is 3. The Hall–Kier alpha value is -4.01. The van der Waals surface area contributed by atoms with E-state index in [-0.39, 0.29) is 11.3 Å². The highest BCUT2D eigenvalue weighted by Gasteiger charge is 2.15. The highest BCUT2D eigenvalue weighted by molar-refractivity contribution is 6.06. The number of rotatable bonds is 7. The zero-order valence-electron chi connectivity index (χ0n) is 14.8. The van der Waals surface area contributed by atoms with Crippen LogP contribution in [0.5, 0.6) is 5.75 Å². The van der Waals surface area contributed by atoms with Crippen LogP contribution >= 0.6 is 0 Å². The zero-order chi connectivity index (χ0) is 20.5. The number of esters is 1. The van der Waals surface area contributed by atoms with Crippen molar-refractivity contribution in [1.29, 1.82) is 0 Å². The predicted octanol–water partition coefficient (Wildman–Crippen LogP) is 2.12. The topological polar surface area (TPSA) is 125 Å². The van der Waals surface area contributed by atoms with Gasteiger partial charge in [-0.2, -0.15) is 0 Å². The summed E-state index contributed by atoms with van der Waals surface area (Å²) in [4.78, 5) is 45.5. The molecule has 0 atom stereocenters. The lowest BCUT2D eigenvalue weighted by Crippen LogP contribution is -2.34. The van der Waals surface area contributed by atoms with Crippen LogP contribution in [0.3, 0.4) is 0 Å². The maximum absolute atomic E-state index is 12.1. The fourth-order valence-corrected chi connectivity index (χ4v) is 2.12. The van der Waals surface area contributed by atoms with Crippen LogP contribution in [0.2, 0.25) is 0 Å². The Morgan fingerprint density at radius 3 is 2.43 bits per heavy atom. The SMILES string of the molecule is COc1ccccc1C(=O)NC(=O)COC(=O)/C=C/c1ccc([N+](=O)[O-])cc1. The Labute approximate surface area is 159 Å². The van der Waals surface area contributed by atoms with Crippen LogP contribution in [0.4, 0.5) is 5.69 Å². The van der Waals surface area contributed by atoms with Crippen LogP contribution in [-0.2, 0) is 14.3 Å². The fourth-order valence-electron chi connectivity index (χ4n) is 2.12. The summed E-state index contributed by atoms with van der Waals surface area (Å²) in [7, 11) is 1.40. The first-order valence-corrected chi connectivity index (χ1v) is 7.97. The fraction of sp³-hybridized carbons (Fsp3) is 0.105. The molecule has 144 valence electrons. The lowest BCUT2D eigenvalue weighted by Gasteiger charge is -2.08. The first kappa shape index (κ1) is 20.3. The number of non-ortho nitro benzene ring substituents is 1. The van der Waals surface area contributed by atoms with Gasteiger partial charge in [-0.1, -0.05) is 12.1 Å². The molecule has 2 rings (SSSR count). The monoisotopic (exact) mass is 384 g/mol. The highest BCUT2D eigenvalue weighted by atomic mass is 16.6. The number of nitrogens with zero attached hydrogens (tertiary/aromatic N) is 1. The molecule has 0 radical (unpaired) electrons. The number of hydrogen-bond donors (Lipinski definition) is 1. The molecular formula is C19H16N2O7. The Morgan fingerprint density at radius 1 is 1.11 bits per heavy atom. The predicted molar refractivity (Wildman–Crippen MR) is 98.6 cm³/mol. The van der Waals surface area contributed by atoms with Crippen LogP contribution < -0.4 is 10.1 Å². The average Bonchev–Trinajstić information content (AvgIpc) is 2.70. The van der Waals surface area contributed by atoms with E-state index in [1.807, 2.05) is 0 Å². The summed E-state index contributed by atoms with van der Waals surface area (Å²) in [6, 6.07) is 11.9. The number of ether oxygens (including phenoxy) is 2. The molecule has 9 heteroatoms. The Kier molecular flexibility index (Phi) is 6.98. The molecule has 2 aromatic carbocycles. The molecule has 0 unspecified atom stereocenters. The van der Waals surface area contributed by atoms with E-state index in [1.165, 1.54) is 43.5 Å². The highest BCUT2D eigenvalue weighted by Crippen LogP contribution is 2.16. The normalized spacial score (nSPS) is 10.3. The molecule has 9 nitrogen and oxygen atoms in total. The molecule has 0 saturated heterocycles. The summed E-state index contributed by atoms with van der Waals surface area (Å²) in [5, 5.41) is 12.7. The van der Waals surface area contributed by atoms with E-state index in [2.05, 4.69) is 5.32 Å². The number of hydrogen-bond acceptors (Lipinski definition) is 7. The number of para-hydroxylation sites is 1. The second-order valence-corrected chi connectivity index (χ2v) is 5.37. The Morgan fingerprint density at radius 2 is 1.79 bits per heavy atom. The van der Waals surface area contributed by atoms with Gasteiger partial charge in [0.2, 0.25) is 0 Å². The molecule has 0 aliphatic carbocycles. The van der Waals surface area contributed by atoms with Crippen LogP contribution in [0.25, 0.3) is 6.08 Å². The maximum Gasteiger partial charge on any atom is 0.331 e. The lowest BCUT2D eigenvalue weighted by molar-refractivity contribution is -0.384. The molecule has 0 aliphatic rings. The molecule has 2 amide bonds. The molecular weight excluding hydrogens is 368 g/mol. The summed E-state index contributed by atoms with van der Waals surface area (Å²) in [5.74, 6) is -1.98. The minimum atomic E-state index is -0.807. The summed E-state index contributed by atoms with van der Waals surface area (Å²) >= 11 is 0. The van der Waals surface area contributed by atoms with E-state index < -0.39 is 29.3 Å². The van der Waals surface area contributed by atoms with Gasteiger partial charge in [0.15, 0.2) is 6.61 Å². The van der Waals surface area contributed by atoms with Gasteiger partial charge < -0.3 is 9.47 Å². The van der Waals surface area contributed by atoms with Crippen LogP contribution in [-0.4, -0.2) is 36.4 Å². The molecule has 0 fully saturated rings. The van der Waals surface area contributed by atoms with Gasteiger partial charge in [0.1, 0.15) is 5.75 Å². The van der Waals surface area contributed by atoms with Gasteiger partial charge in [-0.3, -0.25) is 25.0 Å². The number of nitro groups is 1. The quantitative estimate of drug-likeness (QED) is 0.335. The zero-order valence-corrected chi connectivity index (χ0v) is 14.8. The summed E-state index contributed by atoms with van der Waals surface area (Å²) < 4.78 is 9.79. The van der Waals surface area contributed by atoms with E-state index in [0.717, 1.165) is 6.08 Å². The van der Waals surface area contributed by atoms with Crippen LogP contribution in [0.1, 0.15) is 15.9 Å². The molecule has 0 aromatic heterocycles. The number of carbonyl (C=O) groups is 3. The number of nitrogens with one attached hydrogen (secondary N) is 1. The molecule has 2 aromatic rings. The molecule has 0 heterocycles. The van der Waals surface area contributed by atoms with Gasteiger partial charge in [0, 0.05) is 18.2 Å². The minimum Gasteiger partial charge on any atom is -0.496 e. The van der Waals surface area contributed by atoms with Crippen molar-refractivity contribution in [3.8, 4) is 5.75 Å². The van der Waals surface area contributed by atoms with E-state index in [0.29, 0.717) is 11.3 Å². The van der Waals surface area contributed by atoms with E-state index in [1.54, 1.807) is 18.2 Å². The van der Waals surface area contributed by atoms with Crippen molar-refractivity contribution in [2.24, 2.45) is 0 Å². The maximum atomic E-state index is 12.1. The second kappa shape index (κ2) is 9.62. The van der Waals surface area contributed by atoms with Crippen LogP contribution in [0.15, 0.2) is 54.6 Å². The third-order valence-corrected chi connectivity index (χ3v) is 3.47. The molecule has 0 bridgehead atoms. The largest absolute Gasteiger partial charge is 0.496 e. The van der Waals surface area contributed by atoms with Crippen molar-refractivity contribution in [3.63, 3.8) is 0 Å². The number of benzene rings is 2. The number of methoxy groups -OCH3 is 1. The molecule has 0 spiro atoms. The van der Waals surface area contributed by atoms with Crippen molar-refractivity contribution >= 4 is 29.5 Å². The van der Waals surface area contributed by atoms with Crippen molar-refractivity contribution in [1.82, 2.24) is 5.32 Å². The van der Waals surface area contributed by atoms with Gasteiger partial charge in [0.25, 0.3) is 17.5 Å². The molecule has 1 N–H and O–H groups in total. The van der Waals surface area contributed by atoms with Crippen LogP contribution in [0, 0.1) is 10.1 Å². The molecule has 0 saturated carbocycles. The van der Waals surface area contributed by atoms with Crippen molar-refractivity contribution in [2.45, 2.75) is 0 Å². The summed E-state index contributed by atoms with van der Waals surface area (Å²) in [6.07, 6.45) is 2.44. The number of amides is 2. The second-order valence-electron chi connectivity index (χ2n) is 5.37. The van der Waals surface area contributed by atoms with Gasteiger partial charge in [-0.15, -0.1) is 0 Å². The third-order valence-electron chi connectivity index (χ3n) is 3.47. The average molecular weight is 384 g/mol. The minimum absolute atomic E-state index is 0.0730. The standard InChI is InChI=1S/C19H16N2O7/c1-27-16-5-3-2-4-15(16)19(24)20-17(22)12-28-18(23)11-8-13-6-9-14(10-7-13)21(25)26/h2-11H,12H2,1H3,(H,20,22,24)/b11-8+. The van der Waals surface area contributed by atoms with E-state index in [9.17, 15) is 24.5 Å². The first-order valence-electron chi connectivity index (χ1n) is 7.97. The molecule has 28 heavy (non-hydrogen) atoms. The van der Waals surface area contributed by atoms with Gasteiger partial charge in [-0.05, 0) is 35.9 Å². The Bertz CT molecular complexity index is 920. The van der Waals surface area contributed by atoms with Crippen molar-refractivity contribution in [3.05, 3.63) is 75.8 Å². The number of nitro benzene ring substituents is 1. The summed E-state index contributed by atoms with van der Waals surface area (Å²) in [6.45, 7) is -0.648. The van der Waals surface area contributed by atoms with Crippen molar-refractivity contribution < 1.29 is 28.8 Å². The third kappa shape index (κ3) is 5.77. The number of imide groups is 1. The molecule has 0 aliphatic heterocycles. The van der Waals surface area contributed by atoms with E-state index >= 15 is 0 Å². The van der Waals surface area contributed by atoms with Crippen molar-refractivity contribution in [2.75, 3.05) is 13.7 Å². The van der Waals surface area contributed by atoms with Gasteiger partial charge in [0.05, 0.1) is 17.6 Å². The van der Waals surface area contributed by atoms with Gasteiger partial charge in [-0.25, -0.2) is 4.79 Å². The van der Waals surface area contributed by atoms with E-state index in [4.69, 9.17) is 9.47 Å².